The van der Waals surface area contributed by atoms with Crippen molar-refractivity contribution in [2.24, 2.45) is 5.92 Å². The number of rotatable bonds is 3. The zero-order valence-corrected chi connectivity index (χ0v) is 11.2. The van der Waals surface area contributed by atoms with Crippen LogP contribution in [0.5, 0.6) is 5.75 Å². The minimum Gasteiger partial charge on any atom is -0.406 e. The second-order valence-corrected chi connectivity index (χ2v) is 5.27. The van der Waals surface area contributed by atoms with Gasteiger partial charge in [0.05, 0.1) is 5.60 Å². The summed E-state index contributed by atoms with van der Waals surface area (Å²) in [5.74, 6) is -0.337. The van der Waals surface area contributed by atoms with Gasteiger partial charge in [0.2, 0.25) is 0 Å². The van der Waals surface area contributed by atoms with Gasteiger partial charge in [0.25, 0.3) is 0 Å². The van der Waals surface area contributed by atoms with Crippen molar-refractivity contribution >= 4 is 0 Å². The van der Waals surface area contributed by atoms with Gasteiger partial charge in [-0.05, 0) is 44.0 Å². The van der Waals surface area contributed by atoms with Crippen LogP contribution in [0.25, 0.3) is 0 Å². The molecule has 1 aromatic rings. The largest absolute Gasteiger partial charge is 0.573 e. The number of hydrogen-bond acceptors (Lipinski definition) is 3. The molecule has 1 aliphatic rings. The molecule has 0 amide bonds. The predicted molar refractivity (Wildman–Crippen MR) is 68.3 cm³/mol. The number of aliphatic hydroxyl groups is 1. The molecule has 1 heterocycles. The Morgan fingerprint density at radius 1 is 1.35 bits per heavy atom. The fraction of sp³-hybridized carbons (Fsp3) is 0.571. The van der Waals surface area contributed by atoms with Crippen molar-refractivity contribution in [1.82, 2.24) is 5.32 Å². The summed E-state index contributed by atoms with van der Waals surface area (Å²) in [4.78, 5) is 0. The summed E-state index contributed by atoms with van der Waals surface area (Å²) in [6.45, 7) is 3.19. The highest BCUT2D eigenvalue weighted by molar-refractivity contribution is 5.32. The lowest BCUT2D eigenvalue weighted by Gasteiger charge is -2.36. The second-order valence-electron chi connectivity index (χ2n) is 5.27. The summed E-state index contributed by atoms with van der Waals surface area (Å²) in [5.41, 5.74) is -0.744. The average Bonchev–Trinajstić information content (AvgIpc) is 2.38. The zero-order valence-electron chi connectivity index (χ0n) is 11.2. The Hall–Kier alpha value is -1.27. The summed E-state index contributed by atoms with van der Waals surface area (Å²) in [5, 5.41) is 13.8. The number of ether oxygens (including phenoxy) is 1. The van der Waals surface area contributed by atoms with Crippen molar-refractivity contribution in [2.75, 3.05) is 13.1 Å². The summed E-state index contributed by atoms with van der Waals surface area (Å²) >= 11 is 0. The van der Waals surface area contributed by atoms with E-state index in [4.69, 9.17) is 0 Å². The Bertz CT molecular complexity index is 454. The standard InChI is InChI=1S/C14H18F3NO2/c1-13(19,11-5-3-7-18-9-11)10-4-2-6-12(8-10)20-14(15,16)17/h2,4,6,8,11,18-19H,3,5,7,9H2,1H3. The number of benzene rings is 1. The van der Waals surface area contributed by atoms with Gasteiger partial charge < -0.3 is 15.2 Å². The zero-order chi connectivity index (χ0) is 14.8. The molecule has 0 aliphatic carbocycles. The van der Waals surface area contributed by atoms with Crippen LogP contribution in [0.1, 0.15) is 25.3 Å². The van der Waals surface area contributed by atoms with Crippen molar-refractivity contribution < 1.29 is 23.0 Å². The normalized spacial score (nSPS) is 23.1. The number of alkyl halides is 3. The molecule has 0 spiro atoms. The van der Waals surface area contributed by atoms with Crippen molar-refractivity contribution in [1.29, 1.82) is 0 Å². The molecule has 0 saturated carbocycles. The SMILES string of the molecule is CC(O)(c1cccc(OC(F)(F)F)c1)C1CCCNC1. The Balaban J connectivity index is 2.20. The number of nitrogens with one attached hydrogen (secondary N) is 1. The molecule has 2 N–H and O–H groups in total. The highest BCUT2D eigenvalue weighted by Gasteiger charge is 2.36. The maximum absolute atomic E-state index is 12.2. The smallest absolute Gasteiger partial charge is 0.406 e. The van der Waals surface area contributed by atoms with Gasteiger partial charge in [-0.1, -0.05) is 12.1 Å². The topological polar surface area (TPSA) is 41.5 Å². The Morgan fingerprint density at radius 2 is 2.10 bits per heavy atom. The van der Waals surface area contributed by atoms with Crippen LogP contribution in [-0.4, -0.2) is 24.6 Å². The van der Waals surface area contributed by atoms with E-state index < -0.39 is 12.0 Å². The van der Waals surface area contributed by atoms with E-state index >= 15 is 0 Å². The molecule has 0 radical (unpaired) electrons. The molecule has 1 fully saturated rings. The quantitative estimate of drug-likeness (QED) is 0.899. The molecule has 1 aliphatic heterocycles. The Kier molecular flexibility index (Phi) is 4.25. The molecule has 6 heteroatoms. The van der Waals surface area contributed by atoms with Gasteiger partial charge >= 0.3 is 6.36 Å². The van der Waals surface area contributed by atoms with Gasteiger partial charge in [-0.15, -0.1) is 13.2 Å². The molecular weight excluding hydrogens is 271 g/mol. The van der Waals surface area contributed by atoms with Crippen LogP contribution in [0.4, 0.5) is 13.2 Å². The predicted octanol–water partition coefficient (Wildman–Crippen LogP) is 2.79. The molecule has 112 valence electrons. The van der Waals surface area contributed by atoms with E-state index in [1.54, 1.807) is 13.0 Å². The first-order valence-corrected chi connectivity index (χ1v) is 6.58. The molecule has 1 saturated heterocycles. The first-order chi connectivity index (χ1) is 9.29. The fourth-order valence-corrected chi connectivity index (χ4v) is 2.58. The fourth-order valence-electron chi connectivity index (χ4n) is 2.58. The van der Waals surface area contributed by atoms with E-state index in [0.717, 1.165) is 19.4 Å². The monoisotopic (exact) mass is 289 g/mol. The molecule has 3 nitrogen and oxygen atoms in total. The van der Waals surface area contributed by atoms with Gasteiger partial charge in [-0.25, -0.2) is 0 Å². The first kappa shape index (κ1) is 15.1. The van der Waals surface area contributed by atoms with Crippen molar-refractivity contribution in [3.05, 3.63) is 29.8 Å². The third-order valence-electron chi connectivity index (χ3n) is 3.74. The summed E-state index contributed by atoms with van der Waals surface area (Å²) in [6, 6.07) is 5.56. The van der Waals surface area contributed by atoms with Crippen LogP contribution in [0.3, 0.4) is 0 Å². The lowest BCUT2D eigenvalue weighted by molar-refractivity contribution is -0.274. The molecule has 2 rings (SSSR count). The van der Waals surface area contributed by atoms with E-state index in [2.05, 4.69) is 10.1 Å². The molecule has 20 heavy (non-hydrogen) atoms. The molecule has 2 atom stereocenters. The minimum absolute atomic E-state index is 0.0302. The van der Waals surface area contributed by atoms with Crippen LogP contribution in [0.15, 0.2) is 24.3 Å². The van der Waals surface area contributed by atoms with Crippen LogP contribution in [-0.2, 0) is 5.60 Å². The number of halogens is 3. The van der Waals surface area contributed by atoms with Crippen molar-refractivity contribution in [2.45, 2.75) is 31.7 Å². The third kappa shape index (κ3) is 3.64. The summed E-state index contributed by atoms with van der Waals surface area (Å²) < 4.78 is 40.6. The molecule has 0 aromatic heterocycles. The third-order valence-corrected chi connectivity index (χ3v) is 3.74. The Labute approximate surface area is 115 Å². The molecule has 0 bridgehead atoms. The van der Waals surface area contributed by atoms with E-state index in [1.807, 2.05) is 0 Å². The van der Waals surface area contributed by atoms with Crippen LogP contribution >= 0.6 is 0 Å². The molecule has 2 unspecified atom stereocenters. The van der Waals surface area contributed by atoms with Crippen molar-refractivity contribution in [3.63, 3.8) is 0 Å². The van der Waals surface area contributed by atoms with Crippen LogP contribution in [0.2, 0.25) is 0 Å². The van der Waals surface area contributed by atoms with E-state index in [9.17, 15) is 18.3 Å². The van der Waals surface area contributed by atoms with Crippen LogP contribution in [0, 0.1) is 5.92 Å². The van der Waals surface area contributed by atoms with Gasteiger partial charge in [0.1, 0.15) is 5.75 Å². The molecular formula is C14H18F3NO2. The van der Waals surface area contributed by atoms with E-state index in [0.29, 0.717) is 12.1 Å². The number of piperidine rings is 1. The maximum Gasteiger partial charge on any atom is 0.573 e. The van der Waals surface area contributed by atoms with Crippen molar-refractivity contribution in [3.8, 4) is 5.75 Å². The van der Waals surface area contributed by atoms with Gasteiger partial charge in [0.15, 0.2) is 0 Å². The molecule has 1 aromatic carbocycles. The summed E-state index contributed by atoms with van der Waals surface area (Å²) in [6.07, 6.45) is -2.94. The highest BCUT2D eigenvalue weighted by atomic mass is 19.4. The lowest BCUT2D eigenvalue weighted by atomic mass is 9.79. The summed E-state index contributed by atoms with van der Waals surface area (Å²) in [7, 11) is 0. The number of hydrogen-bond donors (Lipinski definition) is 2. The first-order valence-electron chi connectivity index (χ1n) is 6.58. The van der Waals surface area contributed by atoms with Crippen LogP contribution < -0.4 is 10.1 Å². The minimum atomic E-state index is -4.73. The maximum atomic E-state index is 12.2. The van der Waals surface area contributed by atoms with Gasteiger partial charge in [0, 0.05) is 12.5 Å². The second kappa shape index (κ2) is 5.61. The Morgan fingerprint density at radius 3 is 2.70 bits per heavy atom. The van der Waals surface area contributed by atoms with Gasteiger partial charge in [-0.2, -0.15) is 0 Å². The highest BCUT2D eigenvalue weighted by Crippen LogP contribution is 2.35. The lowest BCUT2D eigenvalue weighted by Crippen LogP contribution is -2.42. The van der Waals surface area contributed by atoms with E-state index in [1.165, 1.54) is 18.2 Å². The average molecular weight is 289 g/mol. The van der Waals surface area contributed by atoms with E-state index in [-0.39, 0.29) is 11.7 Å². The van der Waals surface area contributed by atoms with Gasteiger partial charge in [-0.3, -0.25) is 0 Å².